The first-order valence-corrected chi connectivity index (χ1v) is 8.67. The highest BCUT2D eigenvalue weighted by atomic mass is 32.2. The fourth-order valence-electron chi connectivity index (χ4n) is 2.21. The van der Waals surface area contributed by atoms with Gasteiger partial charge in [0.05, 0.1) is 5.25 Å². The van der Waals surface area contributed by atoms with Gasteiger partial charge >= 0.3 is 0 Å². The number of thioether (sulfide) groups is 1. The summed E-state index contributed by atoms with van der Waals surface area (Å²) in [6.45, 7) is 7.30. The Morgan fingerprint density at radius 2 is 1.71 bits per heavy atom. The highest BCUT2D eigenvalue weighted by Gasteiger charge is 2.20. The monoisotopic (exact) mass is 343 g/mol. The number of anilines is 1. The number of aromatic nitrogens is 2. The van der Waals surface area contributed by atoms with E-state index in [9.17, 15) is 9.59 Å². The van der Waals surface area contributed by atoms with Crippen LogP contribution in [0.4, 0.5) is 5.69 Å². The van der Waals surface area contributed by atoms with Gasteiger partial charge in [-0.1, -0.05) is 18.7 Å². The van der Waals surface area contributed by atoms with Crippen LogP contribution in [0.2, 0.25) is 0 Å². The number of ketones is 1. The number of rotatable bonds is 6. The van der Waals surface area contributed by atoms with E-state index in [2.05, 4.69) is 15.3 Å². The van der Waals surface area contributed by atoms with Crippen molar-refractivity contribution in [3.63, 3.8) is 0 Å². The molecule has 0 saturated carbocycles. The zero-order valence-corrected chi connectivity index (χ0v) is 15.1. The van der Waals surface area contributed by atoms with Gasteiger partial charge in [-0.2, -0.15) is 0 Å². The third-order valence-corrected chi connectivity index (χ3v) is 4.66. The van der Waals surface area contributed by atoms with E-state index in [4.69, 9.17) is 0 Å². The third-order valence-electron chi connectivity index (χ3n) is 3.43. The van der Waals surface area contributed by atoms with Gasteiger partial charge < -0.3 is 5.32 Å². The molecule has 0 radical (unpaired) electrons. The van der Waals surface area contributed by atoms with E-state index in [1.54, 1.807) is 24.3 Å². The zero-order chi connectivity index (χ0) is 17.7. The number of hydrogen-bond donors (Lipinski definition) is 1. The predicted molar refractivity (Wildman–Crippen MR) is 96.5 cm³/mol. The van der Waals surface area contributed by atoms with E-state index in [1.165, 1.54) is 18.7 Å². The first-order valence-electron chi connectivity index (χ1n) is 7.80. The molecule has 2 rings (SSSR count). The van der Waals surface area contributed by atoms with Crippen molar-refractivity contribution < 1.29 is 9.59 Å². The molecule has 0 aliphatic rings. The van der Waals surface area contributed by atoms with E-state index >= 15 is 0 Å². The largest absolute Gasteiger partial charge is 0.325 e. The van der Waals surface area contributed by atoms with Gasteiger partial charge in [-0.25, -0.2) is 9.97 Å². The Bertz CT molecular complexity index is 724. The molecule has 0 fully saturated rings. The van der Waals surface area contributed by atoms with Crippen molar-refractivity contribution in [1.29, 1.82) is 0 Å². The third kappa shape index (κ3) is 4.89. The number of carbonyl (C=O) groups is 2. The molecule has 6 heteroatoms. The zero-order valence-electron chi connectivity index (χ0n) is 14.3. The van der Waals surface area contributed by atoms with Crippen molar-refractivity contribution in [1.82, 2.24) is 9.97 Å². The van der Waals surface area contributed by atoms with Gasteiger partial charge in [0.2, 0.25) is 5.91 Å². The summed E-state index contributed by atoms with van der Waals surface area (Å²) < 4.78 is 0. The molecule has 1 heterocycles. The van der Waals surface area contributed by atoms with Crippen LogP contribution in [-0.4, -0.2) is 26.9 Å². The average molecular weight is 343 g/mol. The van der Waals surface area contributed by atoms with Gasteiger partial charge in [0, 0.05) is 22.6 Å². The molecule has 24 heavy (non-hydrogen) atoms. The molecule has 126 valence electrons. The summed E-state index contributed by atoms with van der Waals surface area (Å²) in [6, 6.07) is 8.79. The molecule has 0 spiro atoms. The minimum absolute atomic E-state index is 0.00170. The van der Waals surface area contributed by atoms with Crippen molar-refractivity contribution >= 4 is 29.1 Å². The van der Waals surface area contributed by atoms with Gasteiger partial charge in [0.15, 0.2) is 10.9 Å². The molecule has 0 unspecified atom stereocenters. The lowest BCUT2D eigenvalue weighted by atomic mass is 10.1. The van der Waals surface area contributed by atoms with Crippen molar-refractivity contribution in [3.05, 3.63) is 47.3 Å². The molecule has 1 atom stereocenters. The molecule has 0 aliphatic carbocycles. The van der Waals surface area contributed by atoms with E-state index in [0.29, 0.717) is 22.8 Å². The van der Waals surface area contributed by atoms with Gasteiger partial charge in [0.25, 0.3) is 0 Å². The molecular formula is C18H21N3O2S. The number of carbonyl (C=O) groups excluding carboxylic acids is 2. The minimum Gasteiger partial charge on any atom is -0.325 e. The molecule has 0 saturated heterocycles. The maximum atomic E-state index is 12.5. The SMILES string of the molecule is CC[C@@H](Sc1nc(C)cc(C)n1)C(=O)Nc1ccc(C(C)=O)cc1. The highest BCUT2D eigenvalue weighted by Crippen LogP contribution is 2.24. The molecule has 1 N–H and O–H groups in total. The lowest BCUT2D eigenvalue weighted by Crippen LogP contribution is -2.25. The molecule has 1 aromatic carbocycles. The minimum atomic E-state index is -0.279. The second kappa shape index (κ2) is 8.06. The standard InChI is InChI=1S/C18H21N3O2S/c1-5-16(24-18-19-11(2)10-12(3)20-18)17(23)21-15-8-6-14(7-9-15)13(4)22/h6-10,16H,5H2,1-4H3,(H,21,23)/t16-/m1/s1. The maximum absolute atomic E-state index is 12.5. The number of aryl methyl sites for hydroxylation is 2. The van der Waals surface area contributed by atoms with E-state index in [-0.39, 0.29) is 16.9 Å². The van der Waals surface area contributed by atoms with Crippen molar-refractivity contribution in [3.8, 4) is 0 Å². The fraction of sp³-hybridized carbons (Fsp3) is 0.333. The summed E-state index contributed by atoms with van der Waals surface area (Å²) in [4.78, 5) is 32.5. The summed E-state index contributed by atoms with van der Waals surface area (Å²) in [6.07, 6.45) is 0.665. The van der Waals surface area contributed by atoms with Crippen molar-refractivity contribution in [2.24, 2.45) is 0 Å². The Morgan fingerprint density at radius 3 is 2.21 bits per heavy atom. The summed E-state index contributed by atoms with van der Waals surface area (Å²) in [5, 5.41) is 3.22. The molecule has 0 aliphatic heterocycles. The van der Waals surface area contributed by atoms with Crippen LogP contribution in [0.5, 0.6) is 0 Å². The van der Waals surface area contributed by atoms with Crippen molar-refractivity contribution in [2.75, 3.05) is 5.32 Å². The first-order chi connectivity index (χ1) is 11.4. The Labute approximate surface area is 146 Å². The van der Waals surface area contributed by atoms with Crippen LogP contribution in [0.15, 0.2) is 35.5 Å². The first kappa shape index (κ1) is 18.1. The van der Waals surface area contributed by atoms with Crippen LogP contribution in [0.25, 0.3) is 0 Å². The number of benzene rings is 1. The lowest BCUT2D eigenvalue weighted by molar-refractivity contribution is -0.115. The normalized spacial score (nSPS) is 11.8. The number of amides is 1. The Kier molecular flexibility index (Phi) is 6.09. The van der Waals surface area contributed by atoms with Gasteiger partial charge in [0.1, 0.15) is 0 Å². The Balaban J connectivity index is 2.06. The van der Waals surface area contributed by atoms with Crippen LogP contribution in [0.1, 0.15) is 42.0 Å². The molecule has 2 aromatic rings. The summed E-state index contributed by atoms with van der Waals surface area (Å²) in [7, 11) is 0. The predicted octanol–water partition coefficient (Wildman–Crippen LogP) is 3.81. The van der Waals surface area contributed by atoms with Crippen LogP contribution in [0, 0.1) is 13.8 Å². The van der Waals surface area contributed by atoms with E-state index in [1.807, 2.05) is 26.8 Å². The summed E-state index contributed by atoms with van der Waals surface area (Å²) in [5.41, 5.74) is 3.07. The van der Waals surface area contributed by atoms with Crippen LogP contribution < -0.4 is 5.32 Å². The molecule has 0 bridgehead atoms. The van der Waals surface area contributed by atoms with Crippen LogP contribution >= 0.6 is 11.8 Å². The maximum Gasteiger partial charge on any atom is 0.237 e. The number of nitrogens with one attached hydrogen (secondary N) is 1. The Morgan fingerprint density at radius 1 is 1.12 bits per heavy atom. The van der Waals surface area contributed by atoms with Gasteiger partial charge in [-0.05, 0) is 57.5 Å². The second-order valence-corrected chi connectivity index (χ2v) is 6.74. The molecule has 1 aromatic heterocycles. The van der Waals surface area contributed by atoms with Crippen LogP contribution in [0.3, 0.4) is 0 Å². The molecule has 1 amide bonds. The lowest BCUT2D eigenvalue weighted by Gasteiger charge is -2.14. The Hall–Kier alpha value is -2.21. The smallest absolute Gasteiger partial charge is 0.237 e. The topological polar surface area (TPSA) is 72.0 Å². The van der Waals surface area contributed by atoms with Gasteiger partial charge in [-0.3, -0.25) is 9.59 Å². The quantitative estimate of drug-likeness (QED) is 0.490. The fourth-order valence-corrected chi connectivity index (χ4v) is 3.19. The molecule has 5 nitrogen and oxygen atoms in total. The molecular weight excluding hydrogens is 322 g/mol. The van der Waals surface area contributed by atoms with Gasteiger partial charge in [-0.15, -0.1) is 0 Å². The summed E-state index contributed by atoms with van der Waals surface area (Å²) in [5.74, 6) is -0.0948. The van der Waals surface area contributed by atoms with Crippen molar-refractivity contribution in [2.45, 2.75) is 44.5 Å². The summed E-state index contributed by atoms with van der Waals surface area (Å²) >= 11 is 1.36. The highest BCUT2D eigenvalue weighted by molar-refractivity contribution is 8.00. The number of Topliss-reactive ketones (excluding diaryl/α,β-unsaturated/α-hetero) is 1. The van der Waals surface area contributed by atoms with E-state index < -0.39 is 0 Å². The second-order valence-electron chi connectivity index (χ2n) is 5.57. The average Bonchev–Trinajstić information content (AvgIpc) is 2.52. The number of hydrogen-bond acceptors (Lipinski definition) is 5. The van der Waals surface area contributed by atoms with E-state index in [0.717, 1.165) is 11.4 Å². The van der Waals surface area contributed by atoms with Crippen LogP contribution in [-0.2, 0) is 4.79 Å². The number of nitrogens with zero attached hydrogens (tertiary/aromatic N) is 2.